The van der Waals surface area contributed by atoms with Gasteiger partial charge in [-0.25, -0.2) is 0 Å². The lowest BCUT2D eigenvalue weighted by atomic mass is 9.80. The van der Waals surface area contributed by atoms with Gasteiger partial charge < -0.3 is 4.57 Å². The number of aromatic nitrogens is 2. The van der Waals surface area contributed by atoms with Crippen molar-refractivity contribution in [3.63, 3.8) is 0 Å². The summed E-state index contributed by atoms with van der Waals surface area (Å²) in [5.41, 5.74) is 7.32. The van der Waals surface area contributed by atoms with E-state index in [2.05, 4.69) is 215 Å². The molecular weight excluding hydrogens is 845 g/mol. The molecule has 0 bridgehead atoms. The molecular formula is C68H126N2. The summed E-state index contributed by atoms with van der Waals surface area (Å²) in [5.74, 6) is 0.833. The van der Waals surface area contributed by atoms with E-state index in [1.54, 1.807) is 23.5 Å². The first-order valence-electron chi connectivity index (χ1n) is 27.5. The number of hydrogen-bond donors (Lipinski definition) is 0. The van der Waals surface area contributed by atoms with Gasteiger partial charge in [0.15, 0.2) is 0 Å². The van der Waals surface area contributed by atoms with Gasteiger partial charge in [0.25, 0.3) is 0 Å². The van der Waals surface area contributed by atoms with Crippen LogP contribution in [0.15, 0.2) is 139 Å². The molecule has 2 aliphatic rings. The maximum atomic E-state index is 3.78. The van der Waals surface area contributed by atoms with Gasteiger partial charge in [-0.05, 0) is 128 Å². The van der Waals surface area contributed by atoms with Gasteiger partial charge in [-0.2, -0.15) is 0 Å². The molecule has 0 fully saturated rings. The minimum atomic E-state index is 0.360. The predicted octanol–water partition coefficient (Wildman–Crippen LogP) is 23.6. The quantitative estimate of drug-likeness (QED) is 0.234. The molecule has 3 aromatic rings. The molecule has 2 heteroatoms. The maximum Gasteiger partial charge on any atom is 0.0267 e. The zero-order valence-corrected chi connectivity index (χ0v) is 52.9. The Bertz CT molecular complexity index is 1470. The first kappa shape index (κ1) is 78.1. The molecule has 2 nitrogen and oxygen atoms in total. The Kier molecular flexibility index (Phi) is 50.7. The number of nitrogens with zero attached hydrogens (tertiary/aromatic N) is 2. The highest BCUT2D eigenvalue weighted by Crippen LogP contribution is 2.34. The normalized spacial score (nSPS) is 12.9. The summed E-state index contributed by atoms with van der Waals surface area (Å²) >= 11 is 0. The Morgan fingerprint density at radius 1 is 0.529 bits per heavy atom. The zero-order chi connectivity index (χ0) is 56.1. The number of rotatable bonds is 2. The summed E-state index contributed by atoms with van der Waals surface area (Å²) in [6, 6.07) is 21.7. The Morgan fingerprint density at radius 2 is 0.857 bits per heavy atom. The second-order valence-electron chi connectivity index (χ2n) is 26.5. The van der Waals surface area contributed by atoms with Crippen LogP contribution in [0.5, 0.6) is 0 Å². The van der Waals surface area contributed by atoms with Gasteiger partial charge in [0.2, 0.25) is 0 Å². The van der Waals surface area contributed by atoms with Crippen molar-refractivity contribution >= 4 is 0 Å². The minimum absolute atomic E-state index is 0.360. The van der Waals surface area contributed by atoms with Crippen molar-refractivity contribution in [2.45, 2.75) is 252 Å². The van der Waals surface area contributed by atoms with Crippen molar-refractivity contribution in [1.82, 2.24) is 9.55 Å². The van der Waals surface area contributed by atoms with E-state index in [1.807, 2.05) is 105 Å². The number of aryl methyl sites for hydroxylation is 1. The molecule has 2 aliphatic carbocycles. The Balaban J connectivity index is -0.000000164. The lowest BCUT2D eigenvalue weighted by Gasteiger charge is -2.25. The number of pyridine rings is 1. The molecule has 0 aliphatic heterocycles. The van der Waals surface area contributed by atoms with Crippen LogP contribution in [-0.4, -0.2) is 9.55 Å². The lowest BCUT2D eigenvalue weighted by molar-refractivity contribution is 0.460. The molecule has 0 saturated carbocycles. The number of hydrogen-bond acceptors (Lipinski definition) is 1. The molecule has 1 aromatic carbocycles. The fraction of sp³-hybridized carbons (Fsp3) is 0.662. The van der Waals surface area contributed by atoms with Gasteiger partial charge >= 0.3 is 0 Å². The van der Waals surface area contributed by atoms with Crippen LogP contribution in [-0.2, 0) is 7.05 Å². The monoisotopic (exact) mass is 971 g/mol. The van der Waals surface area contributed by atoms with Gasteiger partial charge in [-0.3, -0.25) is 4.98 Å². The number of unbranched alkanes of at least 4 members (excludes halogenated alkanes) is 1. The van der Waals surface area contributed by atoms with Crippen molar-refractivity contribution in [3.8, 4) is 0 Å². The fourth-order valence-corrected chi connectivity index (χ4v) is 5.46. The van der Waals surface area contributed by atoms with Gasteiger partial charge in [0.05, 0.1) is 0 Å². The van der Waals surface area contributed by atoms with Crippen LogP contribution in [0.4, 0.5) is 0 Å². The standard InChI is InChI=1S/C10H18.C9H16.C9H18.C8H16.C6H6.C5H7N.C5H5N.2C5H12.C4H10.C2H6/c1-10(2,3)9-7-5-4-6-8-9;1-9(2,3)8-6-4-5-7-8;1-5-6-7-8-9(2,3)4;1-7(2)6-8(3,4)5;1-2-4-6-5-3-1;1-6-4-2-3-5-6;1-2-4-6-5-3-1;2*1-5(2,3)4;1-4(2)3;1-2/h7H,4-6,8H2,1-3H3;6H,4-5,7H2,1-3H3;7-8H,5-6H2,1-4H3;6H,1-5H3;1-6H;2-5H,1H3;1-5H;2*1-4H3;4H,1-3H3;1-2H3/b;;8-7+;;;;;;;;. The minimum Gasteiger partial charge on any atom is -0.357 e. The highest BCUT2D eigenvalue weighted by Gasteiger charge is 2.19. The molecule has 0 saturated heterocycles. The van der Waals surface area contributed by atoms with Crippen LogP contribution in [0.1, 0.15) is 252 Å². The van der Waals surface area contributed by atoms with Gasteiger partial charge in [-0.1, -0.05) is 276 Å². The molecule has 2 heterocycles. The third-order valence-corrected chi connectivity index (χ3v) is 8.04. The van der Waals surface area contributed by atoms with Crippen LogP contribution < -0.4 is 0 Å². The first-order valence-corrected chi connectivity index (χ1v) is 27.5. The maximum absolute atomic E-state index is 3.78. The predicted molar refractivity (Wildman–Crippen MR) is 328 cm³/mol. The molecule has 0 radical (unpaired) electrons. The van der Waals surface area contributed by atoms with E-state index in [-0.39, 0.29) is 0 Å². The summed E-state index contributed by atoms with van der Waals surface area (Å²) in [4.78, 5) is 3.78. The molecule has 70 heavy (non-hydrogen) atoms. The average molecular weight is 972 g/mol. The summed E-state index contributed by atoms with van der Waals surface area (Å²) < 4.78 is 2.00. The van der Waals surface area contributed by atoms with Crippen LogP contribution in [0.2, 0.25) is 0 Å². The van der Waals surface area contributed by atoms with Crippen molar-refractivity contribution in [2.24, 2.45) is 45.5 Å². The summed E-state index contributed by atoms with van der Waals surface area (Å²) in [7, 11) is 2.00. The van der Waals surface area contributed by atoms with Crippen LogP contribution >= 0.6 is 0 Å². The van der Waals surface area contributed by atoms with E-state index in [0.29, 0.717) is 32.5 Å². The van der Waals surface area contributed by atoms with E-state index in [9.17, 15) is 0 Å². The van der Waals surface area contributed by atoms with Gasteiger partial charge in [0.1, 0.15) is 0 Å². The molecule has 0 N–H and O–H groups in total. The molecule has 2 aromatic heterocycles. The average Bonchev–Trinajstić information content (AvgIpc) is 3.94. The Hall–Kier alpha value is -3.39. The molecule has 0 unspecified atom stereocenters. The summed E-state index contributed by atoms with van der Waals surface area (Å²) in [5, 5.41) is 0. The third-order valence-electron chi connectivity index (χ3n) is 8.04. The summed E-state index contributed by atoms with van der Waals surface area (Å²) in [6.07, 6.45) is 31.1. The van der Waals surface area contributed by atoms with E-state index in [1.165, 1.54) is 63.4 Å². The van der Waals surface area contributed by atoms with Gasteiger partial charge in [0, 0.05) is 31.8 Å². The molecule has 0 atom stereocenters. The molecule has 408 valence electrons. The van der Waals surface area contributed by atoms with E-state index < -0.39 is 0 Å². The summed E-state index contributed by atoms with van der Waals surface area (Å²) in [6.45, 7) is 61.6. The Morgan fingerprint density at radius 3 is 1.01 bits per heavy atom. The Labute approximate surface area is 443 Å². The number of benzene rings is 1. The van der Waals surface area contributed by atoms with Crippen LogP contribution in [0.25, 0.3) is 0 Å². The second kappa shape index (κ2) is 45.5. The van der Waals surface area contributed by atoms with Crippen molar-refractivity contribution in [2.75, 3.05) is 0 Å². The van der Waals surface area contributed by atoms with Crippen molar-refractivity contribution in [3.05, 3.63) is 139 Å². The van der Waals surface area contributed by atoms with Crippen molar-refractivity contribution in [1.29, 1.82) is 0 Å². The SMILES string of the molecule is CC.CC(C)(C)C.CC(C)(C)C.CC(C)(C)C1=CCCC1.CC(C)(C)C1=CCCCC1.CC(C)=CC(C)(C)C.CC(C)C.CCC/C=C/C(C)(C)C.Cn1cccc1.c1ccccc1.c1ccncc1. The van der Waals surface area contributed by atoms with Crippen LogP contribution in [0.3, 0.4) is 0 Å². The lowest BCUT2D eigenvalue weighted by Crippen LogP contribution is -2.11. The fourth-order valence-electron chi connectivity index (χ4n) is 5.46. The zero-order valence-electron chi connectivity index (χ0n) is 52.9. The third kappa shape index (κ3) is 91.0. The molecule has 0 spiro atoms. The smallest absolute Gasteiger partial charge is 0.0267 e. The first-order chi connectivity index (χ1) is 31.8. The van der Waals surface area contributed by atoms with E-state index in [4.69, 9.17) is 0 Å². The molecule has 5 rings (SSSR count). The second-order valence-corrected chi connectivity index (χ2v) is 26.5. The molecule has 0 amide bonds. The topological polar surface area (TPSA) is 17.8 Å². The van der Waals surface area contributed by atoms with Crippen molar-refractivity contribution < 1.29 is 0 Å². The largest absolute Gasteiger partial charge is 0.357 e. The van der Waals surface area contributed by atoms with Crippen LogP contribution in [0, 0.1) is 38.4 Å². The highest BCUT2D eigenvalue weighted by molar-refractivity contribution is 5.14. The highest BCUT2D eigenvalue weighted by atomic mass is 14.9. The number of allylic oxidation sites excluding steroid dienone is 8. The van der Waals surface area contributed by atoms with E-state index >= 15 is 0 Å². The van der Waals surface area contributed by atoms with E-state index in [0.717, 1.165) is 5.92 Å². The van der Waals surface area contributed by atoms with Gasteiger partial charge in [-0.15, -0.1) is 0 Å².